The van der Waals surface area contributed by atoms with Gasteiger partial charge < -0.3 is 19.4 Å². The summed E-state index contributed by atoms with van der Waals surface area (Å²) >= 11 is 0. The Kier molecular flexibility index (Phi) is 3.20. The molecule has 2 heterocycles. The molecule has 0 spiro atoms. The zero-order valence-corrected chi connectivity index (χ0v) is 9.14. The van der Waals surface area contributed by atoms with Crippen molar-refractivity contribution in [2.45, 2.75) is 20.0 Å². The molecule has 0 atom stereocenters. The number of nitrogens with one attached hydrogen (secondary N) is 1. The molecule has 0 fully saturated rings. The number of carboxylic acids is 1. The Balaban J connectivity index is 1.91. The number of hydrogen-bond acceptors (Lipinski definition) is 6. The van der Waals surface area contributed by atoms with Gasteiger partial charge in [-0.25, -0.2) is 4.79 Å². The van der Waals surface area contributed by atoms with E-state index in [9.17, 15) is 4.79 Å². The molecular weight excluding hydrogens is 226 g/mol. The van der Waals surface area contributed by atoms with E-state index in [2.05, 4.69) is 20.0 Å². The highest BCUT2D eigenvalue weighted by Gasteiger charge is 2.13. The normalized spacial score (nSPS) is 10.6. The van der Waals surface area contributed by atoms with Crippen molar-refractivity contribution in [3.05, 3.63) is 35.4 Å². The Labute approximate surface area is 96.4 Å². The monoisotopic (exact) mass is 237 g/mol. The molecule has 0 saturated heterocycles. The lowest BCUT2D eigenvalue weighted by atomic mass is 10.2. The molecule has 2 rings (SSSR count). The van der Waals surface area contributed by atoms with Gasteiger partial charge in [0.2, 0.25) is 12.2 Å². The first-order valence-electron chi connectivity index (χ1n) is 4.95. The third-order valence-corrected chi connectivity index (χ3v) is 2.15. The van der Waals surface area contributed by atoms with Gasteiger partial charge in [0.1, 0.15) is 5.76 Å². The van der Waals surface area contributed by atoms with Gasteiger partial charge in [-0.1, -0.05) is 5.16 Å². The fourth-order valence-corrected chi connectivity index (χ4v) is 1.42. The fourth-order valence-electron chi connectivity index (χ4n) is 1.42. The average molecular weight is 237 g/mol. The molecule has 90 valence electrons. The van der Waals surface area contributed by atoms with E-state index < -0.39 is 5.97 Å². The van der Waals surface area contributed by atoms with Crippen molar-refractivity contribution in [2.75, 3.05) is 0 Å². The minimum Gasteiger partial charge on any atom is -0.475 e. The molecule has 0 radical (unpaired) electrons. The highest BCUT2D eigenvalue weighted by Crippen LogP contribution is 2.14. The second kappa shape index (κ2) is 4.79. The van der Waals surface area contributed by atoms with Crippen LogP contribution in [-0.2, 0) is 13.1 Å². The van der Waals surface area contributed by atoms with Gasteiger partial charge >= 0.3 is 5.97 Å². The standard InChI is InChI=1S/C10H11N3O4/c1-6-2-7(17-9(6)10(14)15)3-11-4-8-12-5-16-13-8/h2,5,11H,3-4H2,1H3,(H,14,15). The van der Waals surface area contributed by atoms with Gasteiger partial charge in [-0.05, 0) is 13.0 Å². The van der Waals surface area contributed by atoms with E-state index in [0.717, 1.165) is 0 Å². The van der Waals surface area contributed by atoms with Gasteiger partial charge in [-0.15, -0.1) is 0 Å². The summed E-state index contributed by atoms with van der Waals surface area (Å²) in [7, 11) is 0. The number of hydrogen-bond donors (Lipinski definition) is 2. The van der Waals surface area contributed by atoms with Crippen LogP contribution in [0.3, 0.4) is 0 Å². The Morgan fingerprint density at radius 3 is 2.94 bits per heavy atom. The van der Waals surface area contributed by atoms with E-state index >= 15 is 0 Å². The molecule has 0 unspecified atom stereocenters. The van der Waals surface area contributed by atoms with Gasteiger partial charge in [0.25, 0.3) is 0 Å². The molecule has 7 heteroatoms. The first-order chi connectivity index (χ1) is 8.16. The van der Waals surface area contributed by atoms with E-state index in [1.807, 2.05) is 0 Å². The summed E-state index contributed by atoms with van der Waals surface area (Å²) in [5.74, 6) is 0.00316. The van der Waals surface area contributed by atoms with Crippen molar-refractivity contribution in [1.29, 1.82) is 0 Å². The maximum Gasteiger partial charge on any atom is 0.372 e. The first kappa shape index (κ1) is 11.3. The number of nitrogens with zero attached hydrogens (tertiary/aromatic N) is 2. The fraction of sp³-hybridized carbons (Fsp3) is 0.300. The van der Waals surface area contributed by atoms with Crippen molar-refractivity contribution in [2.24, 2.45) is 0 Å². The van der Waals surface area contributed by atoms with E-state index in [1.54, 1.807) is 13.0 Å². The summed E-state index contributed by atoms with van der Waals surface area (Å²) in [6, 6.07) is 1.69. The molecule has 7 nitrogen and oxygen atoms in total. The maximum absolute atomic E-state index is 10.7. The zero-order chi connectivity index (χ0) is 12.3. The Morgan fingerprint density at radius 2 is 2.35 bits per heavy atom. The third-order valence-electron chi connectivity index (χ3n) is 2.15. The lowest BCUT2D eigenvalue weighted by Gasteiger charge is -1.97. The molecule has 0 aliphatic carbocycles. The van der Waals surface area contributed by atoms with Crippen LogP contribution in [0.15, 0.2) is 21.4 Å². The molecule has 0 aromatic carbocycles. The van der Waals surface area contributed by atoms with E-state index in [0.29, 0.717) is 30.2 Å². The van der Waals surface area contributed by atoms with Crippen molar-refractivity contribution >= 4 is 5.97 Å². The third kappa shape index (κ3) is 2.70. The Hall–Kier alpha value is -2.15. The predicted octanol–water partition coefficient (Wildman–Crippen LogP) is 0.959. The van der Waals surface area contributed by atoms with Gasteiger partial charge in [0.05, 0.1) is 13.1 Å². The lowest BCUT2D eigenvalue weighted by Crippen LogP contribution is -2.13. The smallest absolute Gasteiger partial charge is 0.372 e. The maximum atomic E-state index is 10.7. The van der Waals surface area contributed by atoms with E-state index in [1.165, 1.54) is 6.39 Å². The lowest BCUT2D eigenvalue weighted by molar-refractivity contribution is 0.0659. The zero-order valence-electron chi connectivity index (χ0n) is 9.14. The average Bonchev–Trinajstić information content (AvgIpc) is 2.88. The number of aryl methyl sites for hydroxylation is 1. The summed E-state index contributed by atoms with van der Waals surface area (Å²) in [6.07, 6.45) is 1.25. The molecule has 0 amide bonds. The van der Waals surface area contributed by atoms with Crippen LogP contribution in [0.25, 0.3) is 0 Å². The second-order valence-corrected chi connectivity index (χ2v) is 3.48. The molecule has 0 saturated carbocycles. The SMILES string of the molecule is Cc1cc(CNCc2ncon2)oc1C(=O)O. The summed E-state index contributed by atoms with van der Waals surface area (Å²) < 4.78 is 9.74. The molecule has 0 aliphatic heterocycles. The van der Waals surface area contributed by atoms with Crippen LogP contribution < -0.4 is 5.32 Å². The van der Waals surface area contributed by atoms with Crippen molar-refractivity contribution < 1.29 is 18.8 Å². The number of aromatic nitrogens is 2. The van der Waals surface area contributed by atoms with Crippen LogP contribution in [0, 0.1) is 6.92 Å². The number of aromatic carboxylic acids is 1. The van der Waals surface area contributed by atoms with Gasteiger partial charge in [-0.3, -0.25) is 0 Å². The molecule has 17 heavy (non-hydrogen) atoms. The minimum atomic E-state index is -1.06. The highest BCUT2D eigenvalue weighted by atomic mass is 16.5. The van der Waals surface area contributed by atoms with Crippen LogP contribution in [0.4, 0.5) is 0 Å². The van der Waals surface area contributed by atoms with Crippen molar-refractivity contribution in [3.63, 3.8) is 0 Å². The number of carbonyl (C=O) groups is 1. The highest BCUT2D eigenvalue weighted by molar-refractivity contribution is 5.86. The van der Waals surface area contributed by atoms with Crippen LogP contribution >= 0.6 is 0 Å². The molecule has 2 aromatic heterocycles. The number of rotatable bonds is 5. The topological polar surface area (TPSA) is 101 Å². The predicted molar refractivity (Wildman–Crippen MR) is 55.2 cm³/mol. The van der Waals surface area contributed by atoms with Crippen LogP contribution in [0.5, 0.6) is 0 Å². The first-order valence-corrected chi connectivity index (χ1v) is 4.95. The molecule has 0 bridgehead atoms. The van der Waals surface area contributed by atoms with E-state index in [4.69, 9.17) is 9.52 Å². The summed E-state index contributed by atoms with van der Waals surface area (Å²) in [4.78, 5) is 14.6. The van der Waals surface area contributed by atoms with Gasteiger partial charge in [-0.2, -0.15) is 4.98 Å². The second-order valence-electron chi connectivity index (χ2n) is 3.48. The van der Waals surface area contributed by atoms with Crippen LogP contribution in [0.1, 0.15) is 27.7 Å². The summed E-state index contributed by atoms with van der Waals surface area (Å²) in [5.41, 5.74) is 0.605. The van der Waals surface area contributed by atoms with Gasteiger partial charge in [0.15, 0.2) is 5.82 Å². The minimum absolute atomic E-state index is 0.0265. The van der Waals surface area contributed by atoms with E-state index in [-0.39, 0.29) is 5.76 Å². The number of carboxylic acid groups (broad SMARTS) is 1. The molecule has 2 aromatic rings. The van der Waals surface area contributed by atoms with Gasteiger partial charge in [0, 0.05) is 5.56 Å². The summed E-state index contributed by atoms with van der Waals surface area (Å²) in [6.45, 7) is 2.52. The molecule has 0 aliphatic rings. The number of furan rings is 1. The Bertz CT molecular complexity index is 504. The molecule has 2 N–H and O–H groups in total. The van der Waals surface area contributed by atoms with Crippen molar-refractivity contribution in [3.8, 4) is 0 Å². The van der Waals surface area contributed by atoms with Crippen LogP contribution in [-0.4, -0.2) is 21.2 Å². The Morgan fingerprint density at radius 1 is 1.53 bits per heavy atom. The van der Waals surface area contributed by atoms with Crippen LogP contribution in [0.2, 0.25) is 0 Å². The quantitative estimate of drug-likeness (QED) is 0.798. The van der Waals surface area contributed by atoms with Crippen molar-refractivity contribution in [1.82, 2.24) is 15.5 Å². The molecular formula is C10H11N3O4. The largest absolute Gasteiger partial charge is 0.475 e. The summed E-state index contributed by atoms with van der Waals surface area (Å²) in [5, 5.41) is 15.4.